The van der Waals surface area contributed by atoms with Crippen molar-refractivity contribution in [2.45, 2.75) is 32.6 Å². The lowest BCUT2D eigenvalue weighted by molar-refractivity contribution is -0.118. The number of carbonyl (C=O) groups is 1. The van der Waals surface area contributed by atoms with Crippen molar-refractivity contribution in [3.63, 3.8) is 0 Å². The molecular weight excluding hydrogens is 204 g/mol. The van der Waals surface area contributed by atoms with E-state index in [9.17, 15) is 4.79 Å². The Morgan fingerprint density at radius 3 is 2.88 bits per heavy atom. The van der Waals surface area contributed by atoms with Gasteiger partial charge in [-0.05, 0) is 19.8 Å². The summed E-state index contributed by atoms with van der Waals surface area (Å²) in [5, 5.41) is 0. The first kappa shape index (κ1) is 10.9. The number of anilines is 2. The number of rotatable bonds is 1. The van der Waals surface area contributed by atoms with E-state index in [-0.39, 0.29) is 11.9 Å². The zero-order valence-corrected chi connectivity index (χ0v) is 9.44. The molecule has 0 aliphatic carbocycles. The zero-order valence-electron chi connectivity index (χ0n) is 9.44. The lowest BCUT2D eigenvalue weighted by Crippen LogP contribution is -2.31. The normalized spacial score (nSPS) is 17.3. The van der Waals surface area contributed by atoms with Crippen LogP contribution in [0.3, 0.4) is 0 Å². The van der Waals surface area contributed by atoms with Crippen LogP contribution >= 0.6 is 0 Å². The zero-order chi connectivity index (χ0) is 11.5. The smallest absolute Gasteiger partial charge is 0.228 e. The van der Waals surface area contributed by atoms with E-state index in [1.54, 1.807) is 11.0 Å². The third kappa shape index (κ3) is 2.29. The highest BCUT2D eigenvalue weighted by atomic mass is 16.2. The summed E-state index contributed by atoms with van der Waals surface area (Å²) in [4.78, 5) is 21.7. The number of nitrogens with two attached hydrogens (primary N) is 1. The van der Waals surface area contributed by atoms with E-state index in [2.05, 4.69) is 9.97 Å². The molecule has 1 aliphatic rings. The van der Waals surface area contributed by atoms with Crippen LogP contribution in [-0.4, -0.2) is 22.4 Å². The highest BCUT2D eigenvalue weighted by molar-refractivity contribution is 5.92. The second kappa shape index (κ2) is 4.47. The molecule has 2 rings (SSSR count). The van der Waals surface area contributed by atoms with Gasteiger partial charge in [-0.25, -0.2) is 4.98 Å². The van der Waals surface area contributed by atoms with Crippen molar-refractivity contribution in [1.29, 1.82) is 0 Å². The molecular formula is C11H16N4O. The quantitative estimate of drug-likeness (QED) is 0.773. The van der Waals surface area contributed by atoms with Crippen LogP contribution in [0.25, 0.3) is 0 Å². The van der Waals surface area contributed by atoms with E-state index in [4.69, 9.17) is 5.73 Å². The van der Waals surface area contributed by atoms with E-state index in [0.717, 1.165) is 31.5 Å². The minimum absolute atomic E-state index is 0.134. The molecule has 16 heavy (non-hydrogen) atoms. The molecule has 1 aliphatic heterocycles. The Bertz CT molecular complexity index is 385. The van der Waals surface area contributed by atoms with Crippen LogP contribution in [0.5, 0.6) is 0 Å². The first-order chi connectivity index (χ1) is 7.66. The summed E-state index contributed by atoms with van der Waals surface area (Å²) in [6.07, 6.45) is 3.69. The Balaban J connectivity index is 2.30. The number of aryl methyl sites for hydroxylation is 1. The molecule has 1 aromatic heterocycles. The number of aromatic nitrogens is 2. The molecule has 1 amide bonds. The van der Waals surface area contributed by atoms with Crippen LogP contribution < -0.4 is 10.6 Å². The fourth-order valence-corrected chi connectivity index (χ4v) is 1.94. The van der Waals surface area contributed by atoms with Crippen molar-refractivity contribution >= 4 is 17.7 Å². The maximum atomic E-state index is 11.9. The number of carbonyl (C=O) groups excluding carboxylic acids is 1. The Hall–Kier alpha value is -1.65. The lowest BCUT2D eigenvalue weighted by Gasteiger charge is -2.19. The molecule has 0 bridgehead atoms. The van der Waals surface area contributed by atoms with Gasteiger partial charge in [-0.1, -0.05) is 6.42 Å². The Kier molecular flexibility index (Phi) is 3.03. The molecule has 1 aromatic rings. The van der Waals surface area contributed by atoms with Crippen molar-refractivity contribution in [3.05, 3.63) is 11.8 Å². The number of nitrogen functional groups attached to an aromatic ring is 1. The minimum Gasteiger partial charge on any atom is -0.368 e. The summed E-state index contributed by atoms with van der Waals surface area (Å²) < 4.78 is 0. The van der Waals surface area contributed by atoms with Gasteiger partial charge in [0.2, 0.25) is 11.9 Å². The van der Waals surface area contributed by atoms with Gasteiger partial charge in [0, 0.05) is 24.7 Å². The molecule has 5 heteroatoms. The summed E-state index contributed by atoms with van der Waals surface area (Å²) in [7, 11) is 0. The maximum Gasteiger partial charge on any atom is 0.228 e. The van der Waals surface area contributed by atoms with Gasteiger partial charge < -0.3 is 5.73 Å². The van der Waals surface area contributed by atoms with Gasteiger partial charge in [0.1, 0.15) is 5.82 Å². The molecule has 86 valence electrons. The molecule has 0 atom stereocenters. The van der Waals surface area contributed by atoms with Gasteiger partial charge in [-0.2, -0.15) is 4.98 Å². The van der Waals surface area contributed by atoms with Crippen LogP contribution in [-0.2, 0) is 4.79 Å². The van der Waals surface area contributed by atoms with Crippen LogP contribution in [0, 0.1) is 6.92 Å². The van der Waals surface area contributed by atoms with Gasteiger partial charge in [0.25, 0.3) is 0 Å². The molecule has 0 aromatic carbocycles. The summed E-state index contributed by atoms with van der Waals surface area (Å²) in [6.45, 7) is 2.58. The van der Waals surface area contributed by atoms with Crippen molar-refractivity contribution in [2.24, 2.45) is 0 Å². The SMILES string of the molecule is Cc1cc(N2CCCCCC2=O)nc(N)n1. The Labute approximate surface area is 94.7 Å². The van der Waals surface area contributed by atoms with E-state index < -0.39 is 0 Å². The fourth-order valence-electron chi connectivity index (χ4n) is 1.94. The topological polar surface area (TPSA) is 72.1 Å². The molecule has 0 unspecified atom stereocenters. The molecule has 0 saturated carbocycles. The second-order valence-corrected chi connectivity index (χ2v) is 4.08. The average Bonchev–Trinajstić information content (AvgIpc) is 2.41. The summed E-state index contributed by atoms with van der Waals surface area (Å²) >= 11 is 0. The minimum atomic E-state index is 0.134. The van der Waals surface area contributed by atoms with Crippen molar-refractivity contribution in [1.82, 2.24) is 9.97 Å². The largest absolute Gasteiger partial charge is 0.368 e. The van der Waals surface area contributed by atoms with E-state index in [1.807, 2.05) is 6.92 Å². The van der Waals surface area contributed by atoms with Crippen LogP contribution in [0.1, 0.15) is 31.4 Å². The standard InChI is InChI=1S/C11H16N4O/c1-8-7-9(14-11(12)13-8)15-6-4-2-3-5-10(15)16/h7H,2-6H2,1H3,(H2,12,13,14). The van der Waals surface area contributed by atoms with Gasteiger partial charge >= 0.3 is 0 Å². The van der Waals surface area contributed by atoms with Gasteiger partial charge in [0.05, 0.1) is 0 Å². The lowest BCUT2D eigenvalue weighted by atomic mass is 10.2. The Morgan fingerprint density at radius 1 is 1.31 bits per heavy atom. The third-order valence-electron chi connectivity index (χ3n) is 2.71. The Morgan fingerprint density at radius 2 is 2.12 bits per heavy atom. The average molecular weight is 220 g/mol. The number of nitrogens with zero attached hydrogens (tertiary/aromatic N) is 3. The first-order valence-corrected chi connectivity index (χ1v) is 5.58. The first-order valence-electron chi connectivity index (χ1n) is 5.58. The summed E-state index contributed by atoms with van der Waals surface area (Å²) in [6, 6.07) is 1.81. The van der Waals surface area contributed by atoms with Crippen LogP contribution in [0.2, 0.25) is 0 Å². The molecule has 0 radical (unpaired) electrons. The summed E-state index contributed by atoms with van der Waals surface area (Å²) in [5.41, 5.74) is 6.38. The maximum absolute atomic E-state index is 11.9. The highest BCUT2D eigenvalue weighted by Gasteiger charge is 2.19. The van der Waals surface area contributed by atoms with E-state index >= 15 is 0 Å². The fraction of sp³-hybridized carbons (Fsp3) is 0.545. The van der Waals surface area contributed by atoms with Crippen LogP contribution in [0.4, 0.5) is 11.8 Å². The van der Waals surface area contributed by atoms with Crippen molar-refractivity contribution in [3.8, 4) is 0 Å². The van der Waals surface area contributed by atoms with Crippen molar-refractivity contribution < 1.29 is 4.79 Å². The third-order valence-corrected chi connectivity index (χ3v) is 2.71. The number of hydrogen-bond acceptors (Lipinski definition) is 4. The summed E-state index contributed by atoms with van der Waals surface area (Å²) in [5.74, 6) is 0.999. The van der Waals surface area contributed by atoms with E-state index in [0.29, 0.717) is 12.2 Å². The molecule has 2 heterocycles. The number of hydrogen-bond donors (Lipinski definition) is 1. The van der Waals surface area contributed by atoms with Crippen LogP contribution in [0.15, 0.2) is 6.07 Å². The molecule has 1 fully saturated rings. The monoisotopic (exact) mass is 220 g/mol. The molecule has 2 N–H and O–H groups in total. The number of amides is 1. The molecule has 0 spiro atoms. The predicted molar refractivity (Wildman–Crippen MR) is 62.0 cm³/mol. The molecule has 1 saturated heterocycles. The van der Waals surface area contributed by atoms with Crippen molar-refractivity contribution in [2.75, 3.05) is 17.2 Å². The van der Waals surface area contributed by atoms with Gasteiger partial charge in [0.15, 0.2) is 0 Å². The van der Waals surface area contributed by atoms with E-state index in [1.165, 1.54) is 0 Å². The molecule has 5 nitrogen and oxygen atoms in total. The predicted octanol–water partition coefficient (Wildman–Crippen LogP) is 1.27. The highest BCUT2D eigenvalue weighted by Crippen LogP contribution is 2.19. The second-order valence-electron chi connectivity index (χ2n) is 4.08. The van der Waals surface area contributed by atoms with Gasteiger partial charge in [-0.15, -0.1) is 0 Å². The van der Waals surface area contributed by atoms with Gasteiger partial charge in [-0.3, -0.25) is 9.69 Å².